The predicted molar refractivity (Wildman–Crippen MR) is 81.5 cm³/mol. The zero-order valence-corrected chi connectivity index (χ0v) is 12.8. The minimum absolute atomic E-state index is 0.0607. The zero-order valence-electron chi connectivity index (χ0n) is 11.2. The molecule has 21 heavy (non-hydrogen) atoms. The molecule has 0 aliphatic heterocycles. The predicted octanol–water partition coefficient (Wildman–Crippen LogP) is 3.58. The topological polar surface area (TPSA) is 63.6 Å². The molecule has 0 heterocycles. The second-order valence-electron chi connectivity index (χ2n) is 4.47. The molecule has 1 atom stereocenters. The van der Waals surface area contributed by atoms with Crippen molar-refractivity contribution in [3.05, 3.63) is 64.1 Å². The summed E-state index contributed by atoms with van der Waals surface area (Å²) in [6.45, 7) is 1.53. The van der Waals surface area contributed by atoms with Crippen molar-refractivity contribution in [2.24, 2.45) is 0 Å². The van der Waals surface area contributed by atoms with Crippen molar-refractivity contribution in [2.45, 2.75) is 13.0 Å². The number of halogens is 1. The number of carbonyl (C=O) groups excluding carboxylic acids is 2. The van der Waals surface area contributed by atoms with E-state index in [1.807, 2.05) is 0 Å². The molecule has 0 unspecified atom stereocenters. The molecule has 2 aromatic rings. The van der Waals surface area contributed by atoms with Crippen LogP contribution in [-0.4, -0.2) is 23.0 Å². The Labute approximate surface area is 130 Å². The number of rotatable bonds is 4. The van der Waals surface area contributed by atoms with Crippen molar-refractivity contribution in [3.63, 3.8) is 0 Å². The van der Waals surface area contributed by atoms with E-state index < -0.39 is 12.1 Å². The van der Waals surface area contributed by atoms with Crippen LogP contribution in [0.25, 0.3) is 0 Å². The Kier molecular flexibility index (Phi) is 4.75. The first-order chi connectivity index (χ1) is 9.97. The normalized spacial score (nSPS) is 11.7. The third-order valence-corrected chi connectivity index (χ3v) is 3.41. The van der Waals surface area contributed by atoms with E-state index in [0.29, 0.717) is 5.56 Å². The van der Waals surface area contributed by atoms with Gasteiger partial charge in [-0.3, -0.25) is 4.79 Å². The monoisotopic (exact) mass is 348 g/mol. The summed E-state index contributed by atoms with van der Waals surface area (Å²) >= 11 is 3.29. The number of hydrogen-bond donors (Lipinski definition) is 1. The Balaban J connectivity index is 2.05. The zero-order chi connectivity index (χ0) is 15.4. The highest BCUT2D eigenvalue weighted by molar-refractivity contribution is 9.10. The number of esters is 1. The highest BCUT2D eigenvalue weighted by Crippen LogP contribution is 2.15. The van der Waals surface area contributed by atoms with Crippen LogP contribution in [0, 0.1) is 0 Å². The Morgan fingerprint density at radius 2 is 1.52 bits per heavy atom. The number of phenolic OH excluding ortho intramolecular Hbond substituents is 1. The minimum atomic E-state index is -0.882. The highest BCUT2D eigenvalue weighted by Gasteiger charge is 2.20. The van der Waals surface area contributed by atoms with Crippen LogP contribution in [0.5, 0.6) is 5.75 Å². The highest BCUT2D eigenvalue weighted by atomic mass is 79.9. The molecule has 2 aromatic carbocycles. The van der Waals surface area contributed by atoms with E-state index in [-0.39, 0.29) is 17.1 Å². The van der Waals surface area contributed by atoms with Gasteiger partial charge in [-0.05, 0) is 43.3 Å². The van der Waals surface area contributed by atoms with Gasteiger partial charge in [-0.25, -0.2) is 4.79 Å². The Hall–Kier alpha value is -2.14. The molecule has 0 spiro atoms. The third kappa shape index (κ3) is 3.92. The second kappa shape index (κ2) is 6.54. The fraction of sp³-hybridized carbons (Fsp3) is 0.125. The number of Topliss-reactive ketones (excluding diaryl/α,β-unsaturated/α-hetero) is 1. The van der Waals surface area contributed by atoms with Crippen molar-refractivity contribution in [1.82, 2.24) is 0 Å². The number of phenols is 1. The molecule has 5 heteroatoms. The van der Waals surface area contributed by atoms with Crippen LogP contribution in [0.4, 0.5) is 0 Å². The van der Waals surface area contributed by atoms with E-state index in [1.54, 1.807) is 24.3 Å². The van der Waals surface area contributed by atoms with Crippen LogP contribution in [-0.2, 0) is 4.74 Å². The van der Waals surface area contributed by atoms with Gasteiger partial charge >= 0.3 is 5.97 Å². The average Bonchev–Trinajstić information content (AvgIpc) is 2.47. The molecular weight excluding hydrogens is 336 g/mol. The molecule has 0 saturated heterocycles. The van der Waals surface area contributed by atoms with Gasteiger partial charge in [0.15, 0.2) is 6.10 Å². The summed E-state index contributed by atoms with van der Waals surface area (Å²) in [5.41, 5.74) is 0.757. The quantitative estimate of drug-likeness (QED) is 0.677. The molecule has 0 saturated carbocycles. The average molecular weight is 349 g/mol. The Bertz CT molecular complexity index is 647. The van der Waals surface area contributed by atoms with Crippen LogP contribution in [0.15, 0.2) is 53.0 Å². The lowest BCUT2D eigenvalue weighted by Gasteiger charge is -2.12. The van der Waals surface area contributed by atoms with Crippen LogP contribution < -0.4 is 0 Å². The Morgan fingerprint density at radius 3 is 2.10 bits per heavy atom. The van der Waals surface area contributed by atoms with Gasteiger partial charge in [0.25, 0.3) is 0 Å². The Morgan fingerprint density at radius 1 is 1.00 bits per heavy atom. The minimum Gasteiger partial charge on any atom is -0.508 e. The third-order valence-electron chi connectivity index (χ3n) is 2.88. The summed E-state index contributed by atoms with van der Waals surface area (Å²) < 4.78 is 6.01. The molecule has 0 fully saturated rings. The summed E-state index contributed by atoms with van der Waals surface area (Å²) in [6, 6.07) is 12.5. The van der Waals surface area contributed by atoms with E-state index in [4.69, 9.17) is 9.84 Å². The molecule has 0 aliphatic rings. The van der Waals surface area contributed by atoms with Gasteiger partial charge < -0.3 is 9.84 Å². The molecule has 0 aromatic heterocycles. The van der Waals surface area contributed by atoms with Crippen LogP contribution in [0.2, 0.25) is 0 Å². The first kappa shape index (κ1) is 15.3. The lowest BCUT2D eigenvalue weighted by molar-refractivity contribution is 0.0319. The smallest absolute Gasteiger partial charge is 0.338 e. The molecule has 1 N–H and O–H groups in total. The summed E-state index contributed by atoms with van der Waals surface area (Å²) in [4.78, 5) is 24.0. The van der Waals surface area contributed by atoms with Crippen LogP contribution in [0.1, 0.15) is 27.6 Å². The number of ether oxygens (including phenoxy) is 1. The van der Waals surface area contributed by atoms with Crippen LogP contribution in [0.3, 0.4) is 0 Å². The van der Waals surface area contributed by atoms with Crippen molar-refractivity contribution in [3.8, 4) is 5.75 Å². The SMILES string of the molecule is C[C@@H](OC(=O)c1ccc(O)cc1)C(=O)c1ccc(Br)cc1. The standard InChI is InChI=1S/C16H13BrO4/c1-10(15(19)11-2-6-13(17)7-3-11)21-16(20)12-4-8-14(18)9-5-12/h2-10,18H,1H3/t10-/m1/s1. The maximum Gasteiger partial charge on any atom is 0.338 e. The van der Waals surface area contributed by atoms with E-state index in [9.17, 15) is 9.59 Å². The summed E-state index contributed by atoms with van der Waals surface area (Å²) in [7, 11) is 0. The van der Waals surface area contributed by atoms with E-state index in [0.717, 1.165) is 4.47 Å². The summed E-state index contributed by atoms with van der Waals surface area (Å²) in [5.74, 6) is -0.812. The maximum atomic E-state index is 12.1. The van der Waals surface area contributed by atoms with E-state index in [2.05, 4.69) is 15.9 Å². The fourth-order valence-electron chi connectivity index (χ4n) is 1.73. The molecule has 2 rings (SSSR count). The lowest BCUT2D eigenvalue weighted by atomic mass is 10.1. The number of ketones is 1. The fourth-order valence-corrected chi connectivity index (χ4v) is 1.99. The molecule has 0 aliphatic carbocycles. The first-order valence-electron chi connectivity index (χ1n) is 6.27. The molecular formula is C16H13BrO4. The van der Waals surface area contributed by atoms with Gasteiger partial charge in [-0.1, -0.05) is 28.1 Å². The summed E-state index contributed by atoms with van der Waals surface area (Å²) in [6.07, 6.45) is -0.882. The molecule has 4 nitrogen and oxygen atoms in total. The number of hydrogen-bond acceptors (Lipinski definition) is 4. The van der Waals surface area contributed by atoms with Crippen molar-refractivity contribution in [2.75, 3.05) is 0 Å². The van der Waals surface area contributed by atoms with Crippen molar-refractivity contribution in [1.29, 1.82) is 0 Å². The van der Waals surface area contributed by atoms with Gasteiger partial charge in [-0.15, -0.1) is 0 Å². The summed E-state index contributed by atoms with van der Waals surface area (Å²) in [5, 5.41) is 9.17. The lowest BCUT2D eigenvalue weighted by Crippen LogP contribution is -2.24. The van der Waals surface area contributed by atoms with Gasteiger partial charge in [-0.2, -0.15) is 0 Å². The van der Waals surface area contributed by atoms with Gasteiger partial charge in [0.1, 0.15) is 5.75 Å². The van der Waals surface area contributed by atoms with E-state index >= 15 is 0 Å². The number of carbonyl (C=O) groups is 2. The molecule has 0 radical (unpaired) electrons. The number of aromatic hydroxyl groups is 1. The molecule has 0 amide bonds. The van der Waals surface area contributed by atoms with Gasteiger partial charge in [0.2, 0.25) is 5.78 Å². The van der Waals surface area contributed by atoms with Crippen molar-refractivity contribution < 1.29 is 19.4 Å². The first-order valence-corrected chi connectivity index (χ1v) is 7.06. The largest absolute Gasteiger partial charge is 0.508 e. The van der Waals surface area contributed by atoms with E-state index in [1.165, 1.54) is 31.2 Å². The van der Waals surface area contributed by atoms with Gasteiger partial charge in [0, 0.05) is 10.0 Å². The van der Waals surface area contributed by atoms with Gasteiger partial charge in [0.05, 0.1) is 5.56 Å². The van der Waals surface area contributed by atoms with Crippen LogP contribution >= 0.6 is 15.9 Å². The maximum absolute atomic E-state index is 12.1. The molecule has 108 valence electrons. The van der Waals surface area contributed by atoms with Crippen molar-refractivity contribution >= 4 is 27.7 Å². The second-order valence-corrected chi connectivity index (χ2v) is 5.38. The molecule has 0 bridgehead atoms. The number of benzene rings is 2.